The second-order valence-corrected chi connectivity index (χ2v) is 7.08. The first kappa shape index (κ1) is 17.5. The number of carbonyl (C=O) groups excluding carboxylic acids is 1. The lowest BCUT2D eigenvalue weighted by molar-refractivity contribution is 0.0942. The number of amides is 1. The average Bonchev–Trinajstić information content (AvgIpc) is 3.28. The molecule has 6 nitrogen and oxygen atoms in total. The Labute approximate surface area is 165 Å². The number of benzene rings is 2. The summed E-state index contributed by atoms with van der Waals surface area (Å²) in [6.07, 6.45) is 3.20. The molecule has 0 saturated heterocycles. The highest BCUT2D eigenvalue weighted by Crippen LogP contribution is 2.30. The van der Waals surface area contributed by atoms with Crippen LogP contribution in [0.3, 0.4) is 0 Å². The van der Waals surface area contributed by atoms with Crippen molar-refractivity contribution in [2.75, 3.05) is 0 Å². The Kier molecular flexibility index (Phi) is 4.77. The van der Waals surface area contributed by atoms with Crippen LogP contribution >= 0.6 is 15.9 Å². The standard InChI is InChI=1S/C20H18BrN5O/c1-25-17-9-5-4-8-16(17)18(21)19(25)20(27)23-10-14-6-2-3-7-15(14)11-26-13-22-12-24-26/h2-9,12-13H,10-11H2,1H3,(H,23,27). The molecule has 0 spiro atoms. The molecule has 2 heterocycles. The van der Waals surface area contributed by atoms with Crippen LogP contribution in [0.15, 0.2) is 65.7 Å². The van der Waals surface area contributed by atoms with Gasteiger partial charge >= 0.3 is 0 Å². The molecule has 0 aliphatic carbocycles. The molecule has 0 radical (unpaired) electrons. The zero-order valence-corrected chi connectivity index (χ0v) is 16.3. The van der Waals surface area contributed by atoms with Gasteiger partial charge in [-0.1, -0.05) is 42.5 Å². The number of nitrogens with one attached hydrogen (secondary N) is 1. The van der Waals surface area contributed by atoms with Crippen molar-refractivity contribution in [3.05, 3.63) is 82.5 Å². The van der Waals surface area contributed by atoms with E-state index in [4.69, 9.17) is 0 Å². The normalized spacial score (nSPS) is 11.0. The SMILES string of the molecule is Cn1c(C(=O)NCc2ccccc2Cn2cncn2)c(Br)c2ccccc21. The minimum Gasteiger partial charge on any atom is -0.347 e. The van der Waals surface area contributed by atoms with E-state index in [0.717, 1.165) is 26.5 Å². The summed E-state index contributed by atoms with van der Waals surface area (Å²) in [4.78, 5) is 16.8. The molecule has 4 rings (SSSR count). The van der Waals surface area contributed by atoms with Gasteiger partial charge in [-0.2, -0.15) is 5.10 Å². The van der Waals surface area contributed by atoms with E-state index >= 15 is 0 Å². The molecule has 1 N–H and O–H groups in total. The van der Waals surface area contributed by atoms with Gasteiger partial charge in [-0.25, -0.2) is 9.67 Å². The van der Waals surface area contributed by atoms with E-state index in [2.05, 4.69) is 31.3 Å². The van der Waals surface area contributed by atoms with E-state index in [1.165, 1.54) is 6.33 Å². The van der Waals surface area contributed by atoms with Gasteiger partial charge in [-0.3, -0.25) is 4.79 Å². The average molecular weight is 424 g/mol. The summed E-state index contributed by atoms with van der Waals surface area (Å²) in [5.74, 6) is -0.115. The second-order valence-electron chi connectivity index (χ2n) is 6.28. The van der Waals surface area contributed by atoms with Crippen LogP contribution in [0.4, 0.5) is 0 Å². The van der Waals surface area contributed by atoms with Crippen LogP contribution in [0.2, 0.25) is 0 Å². The summed E-state index contributed by atoms with van der Waals surface area (Å²) in [5, 5.41) is 8.22. The number of hydrogen-bond donors (Lipinski definition) is 1. The molecule has 0 fully saturated rings. The molecule has 0 aliphatic rings. The quantitative estimate of drug-likeness (QED) is 0.533. The fraction of sp³-hybridized carbons (Fsp3) is 0.150. The molecule has 0 saturated carbocycles. The van der Waals surface area contributed by atoms with Gasteiger partial charge < -0.3 is 9.88 Å². The summed E-state index contributed by atoms with van der Waals surface area (Å²) in [6, 6.07) is 16.0. The van der Waals surface area contributed by atoms with Crippen molar-refractivity contribution < 1.29 is 4.79 Å². The van der Waals surface area contributed by atoms with E-state index in [0.29, 0.717) is 18.8 Å². The van der Waals surface area contributed by atoms with Crippen LogP contribution in [-0.4, -0.2) is 25.2 Å². The molecule has 0 aliphatic heterocycles. The fourth-order valence-corrected chi connectivity index (χ4v) is 4.01. The van der Waals surface area contributed by atoms with Crippen LogP contribution in [0, 0.1) is 0 Å². The molecule has 7 heteroatoms. The molecule has 136 valence electrons. The summed E-state index contributed by atoms with van der Waals surface area (Å²) < 4.78 is 4.49. The fourth-order valence-electron chi connectivity index (χ4n) is 3.23. The maximum Gasteiger partial charge on any atom is 0.269 e. The van der Waals surface area contributed by atoms with Crippen LogP contribution in [0.5, 0.6) is 0 Å². The van der Waals surface area contributed by atoms with Crippen LogP contribution in [0.25, 0.3) is 10.9 Å². The van der Waals surface area contributed by atoms with Gasteiger partial charge in [-0.05, 0) is 33.1 Å². The number of aromatic nitrogens is 4. The van der Waals surface area contributed by atoms with Crippen molar-refractivity contribution in [3.8, 4) is 0 Å². The van der Waals surface area contributed by atoms with Crippen LogP contribution in [0.1, 0.15) is 21.6 Å². The number of hydrogen-bond acceptors (Lipinski definition) is 3. The van der Waals surface area contributed by atoms with Crippen LogP contribution in [-0.2, 0) is 20.1 Å². The second kappa shape index (κ2) is 7.36. The first-order chi connectivity index (χ1) is 13.1. The van der Waals surface area contributed by atoms with Gasteiger partial charge in [0.2, 0.25) is 0 Å². The highest BCUT2D eigenvalue weighted by Gasteiger charge is 2.19. The van der Waals surface area contributed by atoms with Crippen molar-refractivity contribution in [1.82, 2.24) is 24.6 Å². The number of nitrogens with zero attached hydrogens (tertiary/aromatic N) is 4. The highest BCUT2D eigenvalue weighted by atomic mass is 79.9. The van der Waals surface area contributed by atoms with Gasteiger partial charge in [0.15, 0.2) is 0 Å². The Morgan fingerprint density at radius 3 is 2.59 bits per heavy atom. The van der Waals surface area contributed by atoms with Gasteiger partial charge in [-0.15, -0.1) is 0 Å². The number of rotatable bonds is 5. The predicted molar refractivity (Wildman–Crippen MR) is 107 cm³/mol. The number of halogens is 1. The zero-order chi connectivity index (χ0) is 18.8. The summed E-state index contributed by atoms with van der Waals surface area (Å²) in [7, 11) is 1.90. The Bertz CT molecular complexity index is 1060. The van der Waals surface area contributed by atoms with E-state index in [1.54, 1.807) is 11.0 Å². The van der Waals surface area contributed by atoms with Crippen molar-refractivity contribution >= 4 is 32.7 Å². The van der Waals surface area contributed by atoms with Gasteiger partial charge in [0.1, 0.15) is 18.3 Å². The van der Waals surface area contributed by atoms with E-state index in [1.807, 2.05) is 60.1 Å². The summed E-state index contributed by atoms with van der Waals surface area (Å²) in [5.41, 5.74) is 3.78. The first-order valence-corrected chi connectivity index (χ1v) is 9.34. The highest BCUT2D eigenvalue weighted by molar-refractivity contribution is 9.10. The maximum atomic E-state index is 12.9. The van der Waals surface area contributed by atoms with Crippen molar-refractivity contribution in [2.45, 2.75) is 13.1 Å². The van der Waals surface area contributed by atoms with Crippen molar-refractivity contribution in [2.24, 2.45) is 7.05 Å². The molecule has 0 unspecified atom stereocenters. The largest absolute Gasteiger partial charge is 0.347 e. The number of fused-ring (bicyclic) bond motifs is 1. The minimum absolute atomic E-state index is 0.115. The van der Waals surface area contributed by atoms with Gasteiger partial charge in [0, 0.05) is 24.5 Å². The van der Waals surface area contributed by atoms with E-state index < -0.39 is 0 Å². The van der Waals surface area contributed by atoms with Gasteiger partial charge in [0.05, 0.1) is 11.0 Å². The third-order valence-electron chi connectivity index (χ3n) is 4.62. The smallest absolute Gasteiger partial charge is 0.269 e. The van der Waals surface area contributed by atoms with Crippen LogP contribution < -0.4 is 5.32 Å². The number of aryl methyl sites for hydroxylation is 1. The lowest BCUT2D eigenvalue weighted by Gasteiger charge is -2.11. The molecule has 1 amide bonds. The summed E-state index contributed by atoms with van der Waals surface area (Å²) >= 11 is 3.58. The molecular formula is C20H18BrN5O. The maximum absolute atomic E-state index is 12.9. The zero-order valence-electron chi connectivity index (χ0n) is 14.8. The third-order valence-corrected chi connectivity index (χ3v) is 5.42. The summed E-state index contributed by atoms with van der Waals surface area (Å²) in [6.45, 7) is 1.06. The van der Waals surface area contributed by atoms with Crippen molar-refractivity contribution in [1.29, 1.82) is 0 Å². The Balaban J connectivity index is 1.56. The molecule has 27 heavy (non-hydrogen) atoms. The topological polar surface area (TPSA) is 64.7 Å². The van der Waals surface area contributed by atoms with E-state index in [-0.39, 0.29) is 5.91 Å². The number of carbonyl (C=O) groups is 1. The Morgan fingerprint density at radius 2 is 1.85 bits per heavy atom. The minimum atomic E-state index is -0.115. The van der Waals surface area contributed by atoms with E-state index in [9.17, 15) is 4.79 Å². The molecular weight excluding hydrogens is 406 g/mol. The molecule has 0 bridgehead atoms. The monoisotopic (exact) mass is 423 g/mol. The Hall–Kier alpha value is -2.93. The predicted octanol–water partition coefficient (Wildman–Crippen LogP) is 3.51. The lowest BCUT2D eigenvalue weighted by Crippen LogP contribution is -2.26. The molecule has 2 aromatic carbocycles. The third kappa shape index (κ3) is 3.38. The van der Waals surface area contributed by atoms with Gasteiger partial charge in [0.25, 0.3) is 5.91 Å². The molecule has 4 aromatic rings. The molecule has 0 atom stereocenters. The van der Waals surface area contributed by atoms with Crippen molar-refractivity contribution in [3.63, 3.8) is 0 Å². The first-order valence-electron chi connectivity index (χ1n) is 8.55. The lowest BCUT2D eigenvalue weighted by atomic mass is 10.1. The molecule has 2 aromatic heterocycles. The number of para-hydroxylation sites is 1. The Morgan fingerprint density at radius 1 is 1.11 bits per heavy atom.